The van der Waals surface area contributed by atoms with Crippen LogP contribution in [0.1, 0.15) is 42.4 Å². The van der Waals surface area contributed by atoms with Gasteiger partial charge in [0.25, 0.3) is 5.56 Å². The van der Waals surface area contributed by atoms with E-state index in [-0.39, 0.29) is 29.3 Å². The van der Waals surface area contributed by atoms with Gasteiger partial charge in [-0.3, -0.25) is 4.79 Å². The number of alkyl carbamates (subject to hydrolysis) is 1. The number of amides is 1. The molecule has 1 aliphatic carbocycles. The predicted octanol–water partition coefficient (Wildman–Crippen LogP) is 5.19. The third-order valence-electron chi connectivity index (χ3n) is 7.07. The number of aryl methyl sites for hydroxylation is 3. The van der Waals surface area contributed by atoms with Crippen LogP contribution in [-0.2, 0) is 27.4 Å². The van der Waals surface area contributed by atoms with Gasteiger partial charge in [0.15, 0.2) is 9.84 Å². The molecule has 0 spiro atoms. The van der Waals surface area contributed by atoms with Crippen LogP contribution in [0.4, 0.5) is 9.18 Å². The second kappa shape index (κ2) is 12.3. The van der Waals surface area contributed by atoms with E-state index in [9.17, 15) is 22.4 Å². The van der Waals surface area contributed by atoms with Crippen LogP contribution in [0.2, 0.25) is 0 Å². The Hall–Kier alpha value is -3.86. The Bertz CT molecular complexity index is 1590. The fourth-order valence-corrected chi connectivity index (χ4v) is 5.87. The van der Waals surface area contributed by atoms with Crippen molar-refractivity contribution in [2.45, 2.75) is 57.4 Å². The van der Waals surface area contributed by atoms with Crippen LogP contribution in [0.5, 0.6) is 17.2 Å². The summed E-state index contributed by atoms with van der Waals surface area (Å²) in [4.78, 5) is 24.3. The highest BCUT2D eigenvalue weighted by Crippen LogP contribution is 2.41. The van der Waals surface area contributed by atoms with Gasteiger partial charge in [-0.2, -0.15) is 0 Å². The molecule has 3 aromatic rings. The number of hydrogen-bond acceptors (Lipinski definition) is 7. The standard InChI is InChI=1S/C30H35FN2O7S/c1-18-12-21(31)13-19(2)29(18)40-26-11-6-20(17-41(5,36)37)14-24(26)25-16-33(3)28(34)15-27(25)39-23-9-7-22(8-10-23)32-30(35)38-4/h6,11-16,22-23H,7-10,17H2,1-5H3,(H,32,35). The summed E-state index contributed by atoms with van der Waals surface area (Å²) < 4.78 is 57.0. The van der Waals surface area contributed by atoms with Crippen molar-refractivity contribution < 1.29 is 31.8 Å². The molecule has 1 aromatic heterocycles. The first-order valence-electron chi connectivity index (χ1n) is 13.3. The maximum atomic E-state index is 14.0. The Balaban J connectivity index is 1.75. The third kappa shape index (κ3) is 7.66. The zero-order valence-corrected chi connectivity index (χ0v) is 24.6. The first-order chi connectivity index (χ1) is 19.3. The van der Waals surface area contributed by atoms with Crippen molar-refractivity contribution in [2.24, 2.45) is 7.05 Å². The molecule has 220 valence electrons. The van der Waals surface area contributed by atoms with E-state index in [4.69, 9.17) is 14.2 Å². The Kier molecular flexibility index (Phi) is 9.06. The molecule has 1 amide bonds. The van der Waals surface area contributed by atoms with Gasteiger partial charge in [0.2, 0.25) is 0 Å². The van der Waals surface area contributed by atoms with Crippen molar-refractivity contribution in [2.75, 3.05) is 13.4 Å². The molecule has 41 heavy (non-hydrogen) atoms. The highest BCUT2D eigenvalue weighted by molar-refractivity contribution is 7.89. The molecule has 4 rings (SSSR count). The van der Waals surface area contributed by atoms with Crippen molar-refractivity contribution in [1.82, 2.24) is 9.88 Å². The first-order valence-corrected chi connectivity index (χ1v) is 15.4. The zero-order valence-electron chi connectivity index (χ0n) is 23.8. The lowest BCUT2D eigenvalue weighted by Crippen LogP contribution is -2.39. The van der Waals surface area contributed by atoms with Gasteiger partial charge in [-0.05, 0) is 80.5 Å². The molecule has 2 aromatic carbocycles. The maximum absolute atomic E-state index is 14.0. The Morgan fingerprint density at radius 3 is 2.29 bits per heavy atom. The number of ether oxygens (including phenoxy) is 3. The van der Waals surface area contributed by atoms with Crippen molar-refractivity contribution in [1.29, 1.82) is 0 Å². The van der Waals surface area contributed by atoms with E-state index in [1.54, 1.807) is 45.3 Å². The van der Waals surface area contributed by atoms with Crippen LogP contribution in [-0.4, -0.2) is 44.6 Å². The second-order valence-corrected chi connectivity index (χ2v) is 12.7. The number of rotatable bonds is 8. The van der Waals surface area contributed by atoms with E-state index >= 15 is 0 Å². The minimum Gasteiger partial charge on any atom is -0.490 e. The van der Waals surface area contributed by atoms with E-state index in [1.807, 2.05) is 0 Å². The average molecular weight is 587 g/mol. The second-order valence-electron chi connectivity index (χ2n) is 10.6. The summed E-state index contributed by atoms with van der Waals surface area (Å²) in [6.07, 6.45) is 4.78. The highest BCUT2D eigenvalue weighted by Gasteiger charge is 2.26. The molecule has 0 unspecified atom stereocenters. The number of methoxy groups -OCH3 is 1. The number of halogens is 1. The molecule has 0 atom stereocenters. The SMILES string of the molecule is COC(=O)NC1CCC(Oc2cc(=O)n(C)cc2-c2cc(CS(C)(=O)=O)ccc2Oc2c(C)cc(F)cc2C)CC1. The lowest BCUT2D eigenvalue weighted by atomic mass is 9.93. The number of aromatic nitrogens is 1. The number of carbonyl (C=O) groups is 1. The van der Waals surface area contributed by atoms with Crippen molar-refractivity contribution in [3.05, 3.63) is 75.5 Å². The molecule has 1 aliphatic rings. The van der Waals surface area contributed by atoms with Crippen LogP contribution >= 0.6 is 0 Å². The van der Waals surface area contributed by atoms with E-state index in [0.29, 0.717) is 70.7 Å². The number of sulfone groups is 1. The summed E-state index contributed by atoms with van der Waals surface area (Å²) in [5.41, 5.74) is 2.54. The van der Waals surface area contributed by atoms with Gasteiger partial charge in [-0.15, -0.1) is 0 Å². The van der Waals surface area contributed by atoms with E-state index < -0.39 is 15.9 Å². The molecule has 0 bridgehead atoms. The topological polar surface area (TPSA) is 113 Å². The van der Waals surface area contributed by atoms with Crippen LogP contribution in [0.3, 0.4) is 0 Å². The number of hydrogen-bond donors (Lipinski definition) is 1. The van der Waals surface area contributed by atoms with Gasteiger partial charge in [0.1, 0.15) is 23.1 Å². The zero-order chi connectivity index (χ0) is 29.9. The van der Waals surface area contributed by atoms with Gasteiger partial charge in [-0.1, -0.05) is 6.07 Å². The van der Waals surface area contributed by atoms with Crippen LogP contribution in [0.15, 0.2) is 47.4 Å². The van der Waals surface area contributed by atoms with E-state index in [2.05, 4.69) is 5.32 Å². The van der Waals surface area contributed by atoms with E-state index in [1.165, 1.54) is 29.9 Å². The van der Waals surface area contributed by atoms with Crippen molar-refractivity contribution in [3.63, 3.8) is 0 Å². The summed E-state index contributed by atoms with van der Waals surface area (Å²) in [5.74, 6) is 0.656. The summed E-state index contributed by atoms with van der Waals surface area (Å²) in [6, 6.07) is 9.21. The molecule has 1 N–H and O–H groups in total. The molecule has 0 saturated heterocycles. The molecule has 1 heterocycles. The first kappa shape index (κ1) is 30.1. The number of nitrogens with one attached hydrogen (secondary N) is 1. The molecular weight excluding hydrogens is 551 g/mol. The molecule has 9 nitrogen and oxygen atoms in total. The molecular formula is C30H35FN2O7S. The van der Waals surface area contributed by atoms with Crippen molar-refractivity contribution in [3.8, 4) is 28.4 Å². The number of carbonyl (C=O) groups excluding carboxylic acids is 1. The van der Waals surface area contributed by atoms with Crippen LogP contribution in [0.25, 0.3) is 11.1 Å². The van der Waals surface area contributed by atoms with Gasteiger partial charge < -0.3 is 24.1 Å². The van der Waals surface area contributed by atoms with Crippen molar-refractivity contribution >= 4 is 15.9 Å². The quantitative estimate of drug-likeness (QED) is 0.387. The lowest BCUT2D eigenvalue weighted by molar-refractivity contribution is 0.129. The van der Waals surface area contributed by atoms with Crippen LogP contribution < -0.4 is 20.3 Å². The van der Waals surface area contributed by atoms with E-state index in [0.717, 1.165) is 6.26 Å². The Morgan fingerprint density at radius 2 is 1.68 bits per heavy atom. The molecule has 11 heteroatoms. The van der Waals surface area contributed by atoms with Crippen LogP contribution in [0, 0.1) is 19.7 Å². The summed E-state index contributed by atoms with van der Waals surface area (Å²) in [6.45, 7) is 3.49. The molecule has 1 fully saturated rings. The fraction of sp³-hybridized carbons (Fsp3) is 0.400. The summed E-state index contributed by atoms with van der Waals surface area (Å²) >= 11 is 0. The number of nitrogens with zero attached hydrogens (tertiary/aromatic N) is 1. The van der Waals surface area contributed by atoms with Gasteiger partial charge in [0, 0.05) is 42.7 Å². The average Bonchev–Trinajstić information content (AvgIpc) is 2.89. The molecule has 0 aliphatic heterocycles. The minimum atomic E-state index is -3.34. The smallest absolute Gasteiger partial charge is 0.407 e. The fourth-order valence-electron chi connectivity index (χ4n) is 5.08. The normalized spacial score (nSPS) is 17.1. The lowest BCUT2D eigenvalue weighted by Gasteiger charge is -2.30. The Labute approximate surface area is 239 Å². The number of benzene rings is 2. The highest BCUT2D eigenvalue weighted by atomic mass is 32.2. The van der Waals surface area contributed by atoms with Gasteiger partial charge in [-0.25, -0.2) is 17.6 Å². The maximum Gasteiger partial charge on any atom is 0.407 e. The predicted molar refractivity (Wildman–Crippen MR) is 154 cm³/mol. The van der Waals surface area contributed by atoms with Gasteiger partial charge >= 0.3 is 6.09 Å². The monoisotopic (exact) mass is 586 g/mol. The Morgan fingerprint density at radius 1 is 1.02 bits per heavy atom. The third-order valence-corrected chi connectivity index (χ3v) is 7.92. The molecule has 1 saturated carbocycles. The number of pyridine rings is 1. The molecule has 0 radical (unpaired) electrons. The summed E-state index contributed by atoms with van der Waals surface area (Å²) in [7, 11) is -0.395. The van der Waals surface area contributed by atoms with Gasteiger partial charge in [0.05, 0.1) is 19.0 Å². The summed E-state index contributed by atoms with van der Waals surface area (Å²) in [5, 5.41) is 2.82. The minimum absolute atomic E-state index is 0.0275. The largest absolute Gasteiger partial charge is 0.490 e.